The summed E-state index contributed by atoms with van der Waals surface area (Å²) in [5.41, 5.74) is 0.817. The summed E-state index contributed by atoms with van der Waals surface area (Å²) in [6.07, 6.45) is 0. The maximum Gasteiger partial charge on any atom is 0.231 e. The van der Waals surface area contributed by atoms with Gasteiger partial charge in [-0.05, 0) is 12.1 Å². The second-order valence-electron chi connectivity index (χ2n) is 4.52. The molecule has 0 radical (unpaired) electrons. The molecule has 0 aliphatic rings. The Morgan fingerprint density at radius 2 is 2.05 bits per heavy atom. The number of aromatic nitrogens is 1. The summed E-state index contributed by atoms with van der Waals surface area (Å²) in [4.78, 5) is 7.39. The van der Waals surface area contributed by atoms with Gasteiger partial charge in [0.25, 0.3) is 0 Å². The number of benzene rings is 1. The molecule has 0 atom stereocenters. The summed E-state index contributed by atoms with van der Waals surface area (Å²) < 4.78 is 10.5. The van der Waals surface area contributed by atoms with E-state index in [-0.39, 0.29) is 0 Å². The molecule has 0 fully saturated rings. The maximum absolute atomic E-state index is 6.18. The predicted octanol–water partition coefficient (Wildman–Crippen LogP) is 3.49. The summed E-state index contributed by atoms with van der Waals surface area (Å²) in [6, 6.07) is 5.49. The number of rotatable bonds is 6. The van der Waals surface area contributed by atoms with Crippen LogP contribution >= 0.6 is 22.9 Å². The largest absolute Gasteiger partial charge is 0.497 e. The van der Waals surface area contributed by atoms with Crippen molar-refractivity contribution < 1.29 is 9.47 Å². The minimum absolute atomic E-state index is 0.585. The lowest BCUT2D eigenvalue weighted by Gasteiger charge is -2.09. The highest BCUT2D eigenvalue weighted by molar-refractivity contribution is 7.15. The highest BCUT2D eigenvalue weighted by Crippen LogP contribution is 2.32. The van der Waals surface area contributed by atoms with Crippen LogP contribution in [0.5, 0.6) is 11.6 Å². The van der Waals surface area contributed by atoms with Crippen molar-refractivity contribution in [3.05, 3.63) is 28.1 Å². The van der Waals surface area contributed by atoms with Gasteiger partial charge in [0.2, 0.25) is 5.88 Å². The number of hydrogen-bond donors (Lipinski definition) is 1. The lowest BCUT2D eigenvalue weighted by molar-refractivity contribution is 0.397. The minimum atomic E-state index is 0.585. The number of hydrogen-bond acceptors (Lipinski definition) is 6. The number of thiazole rings is 1. The number of anilines is 2. The third kappa shape index (κ3) is 3.71. The Morgan fingerprint density at radius 1 is 1.29 bits per heavy atom. The topological polar surface area (TPSA) is 46.6 Å². The van der Waals surface area contributed by atoms with Crippen molar-refractivity contribution in [2.45, 2.75) is 6.54 Å². The lowest BCUT2D eigenvalue weighted by Crippen LogP contribution is -2.07. The Kier molecular flexibility index (Phi) is 5.14. The molecule has 0 amide bonds. The molecule has 0 aliphatic carbocycles. The van der Waals surface area contributed by atoms with Crippen molar-refractivity contribution in [2.75, 3.05) is 38.5 Å². The predicted molar refractivity (Wildman–Crippen MR) is 88.3 cm³/mol. The summed E-state index contributed by atoms with van der Waals surface area (Å²) >= 11 is 7.76. The monoisotopic (exact) mass is 327 g/mol. The van der Waals surface area contributed by atoms with E-state index in [0.29, 0.717) is 17.4 Å². The molecule has 1 aromatic carbocycles. The zero-order chi connectivity index (χ0) is 15.4. The summed E-state index contributed by atoms with van der Waals surface area (Å²) in [5, 5.41) is 4.84. The fourth-order valence-electron chi connectivity index (χ4n) is 1.73. The molecule has 2 rings (SSSR count). The quantitative estimate of drug-likeness (QED) is 0.880. The van der Waals surface area contributed by atoms with Crippen LogP contribution in [0.25, 0.3) is 0 Å². The molecule has 0 saturated carbocycles. The average Bonchev–Trinajstić information content (AvgIpc) is 2.90. The second kappa shape index (κ2) is 6.87. The normalized spacial score (nSPS) is 10.3. The van der Waals surface area contributed by atoms with Crippen molar-refractivity contribution in [1.29, 1.82) is 0 Å². The van der Waals surface area contributed by atoms with Crippen LogP contribution in [0.15, 0.2) is 18.2 Å². The van der Waals surface area contributed by atoms with Gasteiger partial charge in [0, 0.05) is 20.2 Å². The SMILES string of the molecule is COc1ccc(Cl)c(NCc2sc(N(C)C)nc2OC)c1. The zero-order valence-corrected chi connectivity index (χ0v) is 14.0. The molecule has 114 valence electrons. The van der Waals surface area contributed by atoms with Crippen molar-refractivity contribution in [3.63, 3.8) is 0 Å². The third-order valence-corrected chi connectivity index (χ3v) is 4.37. The minimum Gasteiger partial charge on any atom is -0.497 e. The summed E-state index contributed by atoms with van der Waals surface area (Å²) in [7, 11) is 7.15. The van der Waals surface area contributed by atoms with E-state index in [2.05, 4.69) is 10.3 Å². The lowest BCUT2D eigenvalue weighted by atomic mass is 10.3. The molecule has 21 heavy (non-hydrogen) atoms. The van der Waals surface area contributed by atoms with Crippen molar-refractivity contribution >= 4 is 33.8 Å². The molecule has 1 N–H and O–H groups in total. The Balaban J connectivity index is 2.16. The van der Waals surface area contributed by atoms with Crippen LogP contribution in [0.4, 0.5) is 10.8 Å². The van der Waals surface area contributed by atoms with E-state index in [1.807, 2.05) is 31.1 Å². The van der Waals surface area contributed by atoms with Gasteiger partial charge in [-0.25, -0.2) is 0 Å². The van der Waals surface area contributed by atoms with Gasteiger partial charge in [0.1, 0.15) is 5.75 Å². The summed E-state index contributed by atoms with van der Waals surface area (Å²) in [6.45, 7) is 0.585. The molecule has 0 bridgehead atoms. The fraction of sp³-hybridized carbons (Fsp3) is 0.357. The zero-order valence-electron chi connectivity index (χ0n) is 12.4. The number of ether oxygens (including phenoxy) is 2. The molecule has 0 aliphatic heterocycles. The van der Waals surface area contributed by atoms with Gasteiger partial charge in [-0.15, -0.1) is 0 Å². The smallest absolute Gasteiger partial charge is 0.231 e. The molecule has 0 saturated heterocycles. The molecule has 7 heteroatoms. The van der Waals surface area contributed by atoms with Gasteiger partial charge in [-0.1, -0.05) is 22.9 Å². The Labute approximate surface area is 133 Å². The molecular formula is C14H18ClN3O2S. The van der Waals surface area contributed by atoms with Gasteiger partial charge < -0.3 is 19.7 Å². The first-order chi connectivity index (χ1) is 10.0. The van der Waals surface area contributed by atoms with Crippen LogP contribution in [-0.4, -0.2) is 33.3 Å². The molecule has 5 nitrogen and oxygen atoms in total. The Morgan fingerprint density at radius 3 is 2.67 bits per heavy atom. The van der Waals surface area contributed by atoms with Crippen molar-refractivity contribution in [1.82, 2.24) is 4.98 Å². The molecule has 1 aromatic heterocycles. The standard InChI is InChI=1S/C14H18ClN3O2S/c1-18(2)14-17-13(20-4)12(21-14)8-16-11-7-9(19-3)5-6-10(11)15/h5-7,16H,8H2,1-4H3. The Hall–Kier alpha value is -1.66. The van der Waals surface area contributed by atoms with Gasteiger partial charge in [-0.3, -0.25) is 0 Å². The van der Waals surface area contributed by atoms with Gasteiger partial charge >= 0.3 is 0 Å². The van der Waals surface area contributed by atoms with E-state index < -0.39 is 0 Å². The number of nitrogens with zero attached hydrogens (tertiary/aromatic N) is 2. The van der Waals surface area contributed by atoms with Crippen LogP contribution in [0.2, 0.25) is 5.02 Å². The van der Waals surface area contributed by atoms with E-state index in [1.54, 1.807) is 31.6 Å². The fourth-order valence-corrected chi connectivity index (χ4v) is 2.81. The van der Waals surface area contributed by atoms with E-state index in [9.17, 15) is 0 Å². The van der Waals surface area contributed by atoms with E-state index in [4.69, 9.17) is 21.1 Å². The second-order valence-corrected chi connectivity index (χ2v) is 5.99. The maximum atomic E-state index is 6.18. The van der Waals surface area contributed by atoms with E-state index in [0.717, 1.165) is 21.4 Å². The van der Waals surface area contributed by atoms with Crippen LogP contribution in [0.3, 0.4) is 0 Å². The third-order valence-electron chi connectivity index (χ3n) is 2.84. The molecule has 2 aromatic rings. The molecule has 0 spiro atoms. The number of methoxy groups -OCH3 is 2. The first-order valence-corrected chi connectivity index (χ1v) is 7.53. The molecular weight excluding hydrogens is 310 g/mol. The highest BCUT2D eigenvalue weighted by Gasteiger charge is 2.13. The van der Waals surface area contributed by atoms with Crippen LogP contribution in [0.1, 0.15) is 4.88 Å². The van der Waals surface area contributed by atoms with E-state index >= 15 is 0 Å². The van der Waals surface area contributed by atoms with Crippen molar-refractivity contribution in [3.8, 4) is 11.6 Å². The summed E-state index contributed by atoms with van der Waals surface area (Å²) in [5.74, 6) is 1.39. The van der Waals surface area contributed by atoms with Gasteiger partial charge in [0.05, 0.1) is 36.4 Å². The first-order valence-electron chi connectivity index (χ1n) is 6.33. The highest BCUT2D eigenvalue weighted by atomic mass is 35.5. The number of nitrogens with one attached hydrogen (secondary N) is 1. The van der Waals surface area contributed by atoms with Gasteiger partial charge in [-0.2, -0.15) is 4.98 Å². The molecule has 0 unspecified atom stereocenters. The van der Waals surface area contributed by atoms with Crippen LogP contribution in [0, 0.1) is 0 Å². The average molecular weight is 328 g/mol. The number of halogens is 1. The van der Waals surface area contributed by atoms with Crippen LogP contribution in [-0.2, 0) is 6.54 Å². The van der Waals surface area contributed by atoms with E-state index in [1.165, 1.54) is 0 Å². The first kappa shape index (κ1) is 15.7. The van der Waals surface area contributed by atoms with Crippen LogP contribution < -0.4 is 19.7 Å². The Bertz CT molecular complexity index is 616. The molecule has 1 heterocycles. The van der Waals surface area contributed by atoms with Gasteiger partial charge in [0.15, 0.2) is 5.13 Å². The van der Waals surface area contributed by atoms with Crippen molar-refractivity contribution in [2.24, 2.45) is 0 Å².